The van der Waals surface area contributed by atoms with E-state index in [9.17, 15) is 20.1 Å². The Hall–Kier alpha value is -3.81. The standard InChI is InChI=1S/C43H54N5O7/c1-6-39(52)21-25-22-42(38(51)55-5,33-27(13-17-47(23-25)24-39)26-11-8-9-12-30(26)45-33)29-19-28-31(20-32(29)54-4)46(3)35-41(28)15-18-48-16-10-14-40(7-2,34(41)48)36(49)43(35,53)37(44)50/h8-12,14,19-20,25,34-36,49,52-53H,6-7,13,15-18,21-24H2,1-5H3,(H2,44,50)/t25-,34+,35-,36-,39+,40-,41-,42+,43+/m1/s1. The molecule has 12 heteroatoms. The van der Waals surface area contributed by atoms with Crippen molar-refractivity contribution in [1.82, 2.24) is 9.80 Å². The molecule has 12 nitrogen and oxygen atoms in total. The average molecular weight is 753 g/mol. The number of para-hydroxylation sites is 1. The zero-order valence-corrected chi connectivity index (χ0v) is 32.5. The molecule has 1 spiro atoms. The highest BCUT2D eigenvalue weighted by Crippen LogP contribution is 2.67. The molecule has 2 aromatic carbocycles. The van der Waals surface area contributed by atoms with Gasteiger partial charge in [0.05, 0.1) is 31.2 Å². The summed E-state index contributed by atoms with van der Waals surface area (Å²) in [7, 11) is 4.86. The normalized spacial score (nSPS) is 40.1. The van der Waals surface area contributed by atoms with E-state index in [1.807, 2.05) is 62.2 Å². The maximum atomic E-state index is 15.2. The van der Waals surface area contributed by atoms with Gasteiger partial charge in [-0.2, -0.15) is 0 Å². The van der Waals surface area contributed by atoms with Gasteiger partial charge in [-0.1, -0.05) is 44.2 Å². The van der Waals surface area contributed by atoms with Crippen LogP contribution in [-0.2, 0) is 25.2 Å². The van der Waals surface area contributed by atoms with Gasteiger partial charge in [-0.25, -0.2) is 0 Å². The Labute approximate surface area is 322 Å². The fourth-order valence-electron chi connectivity index (χ4n) is 13.0. The predicted molar refractivity (Wildman–Crippen MR) is 205 cm³/mol. The minimum absolute atomic E-state index is 0.0990. The zero-order valence-electron chi connectivity index (χ0n) is 32.5. The number of rotatable bonds is 6. The number of hydrogen-bond acceptors (Lipinski definition) is 11. The first-order chi connectivity index (χ1) is 26.3. The van der Waals surface area contributed by atoms with E-state index in [2.05, 4.69) is 21.9 Å². The van der Waals surface area contributed by atoms with Gasteiger partial charge in [0.1, 0.15) is 23.3 Å². The lowest BCUT2D eigenvalue weighted by atomic mass is 9.47. The van der Waals surface area contributed by atoms with Crippen molar-refractivity contribution in [2.75, 3.05) is 58.9 Å². The molecule has 6 aliphatic heterocycles. The summed E-state index contributed by atoms with van der Waals surface area (Å²) in [6.45, 7) is 7.33. The number of nitrogens with two attached hydrogens (primary N) is 1. The van der Waals surface area contributed by atoms with Crippen molar-refractivity contribution in [1.29, 1.82) is 0 Å². The number of anilines is 1. The smallest absolute Gasteiger partial charge is 0.319 e. The zero-order chi connectivity index (χ0) is 38.9. The molecule has 0 aromatic heterocycles. The number of esters is 1. The molecular formula is C43H54N5O7. The van der Waals surface area contributed by atoms with Crippen LogP contribution in [0, 0.1) is 17.4 Å². The number of aliphatic hydroxyl groups is 3. The van der Waals surface area contributed by atoms with Gasteiger partial charge in [0.15, 0.2) is 5.60 Å². The summed E-state index contributed by atoms with van der Waals surface area (Å²) in [4.78, 5) is 40.8. The highest BCUT2D eigenvalue weighted by Gasteiger charge is 2.78. The number of ether oxygens (including phenoxy) is 2. The van der Waals surface area contributed by atoms with E-state index in [1.54, 1.807) is 7.11 Å². The summed E-state index contributed by atoms with van der Waals surface area (Å²) >= 11 is 0. The quantitative estimate of drug-likeness (QED) is 0.248. The van der Waals surface area contributed by atoms with E-state index in [1.165, 1.54) is 7.11 Å². The molecule has 9 rings (SSSR count). The second-order valence-corrected chi connectivity index (χ2v) is 17.4. The molecule has 6 heterocycles. The maximum Gasteiger partial charge on any atom is 0.319 e. The Bertz CT molecular complexity index is 2130. The molecule has 10 atom stereocenters. The van der Waals surface area contributed by atoms with Gasteiger partial charge in [0.2, 0.25) is 0 Å². The average Bonchev–Trinajstić information content (AvgIpc) is 3.84. The predicted octanol–water partition coefficient (Wildman–Crippen LogP) is 1.07. The lowest BCUT2D eigenvalue weighted by molar-refractivity contribution is -0.201. The number of likely N-dealkylation sites (N-methyl/N-ethyl adjacent to an activating group) is 1. The highest BCUT2D eigenvalue weighted by atomic mass is 16.5. The van der Waals surface area contributed by atoms with Crippen LogP contribution in [0.25, 0.3) is 5.57 Å². The second kappa shape index (κ2) is 12.3. The van der Waals surface area contributed by atoms with Gasteiger partial charge in [-0.3, -0.25) is 24.4 Å². The summed E-state index contributed by atoms with van der Waals surface area (Å²) in [5, 5.41) is 38.7. The highest BCUT2D eigenvalue weighted by molar-refractivity contribution is 5.94. The fourth-order valence-corrected chi connectivity index (χ4v) is 13.0. The van der Waals surface area contributed by atoms with Crippen LogP contribution in [0.2, 0.25) is 0 Å². The first kappa shape index (κ1) is 36.8. The number of aliphatic hydroxyl groups excluding tert-OH is 1. The Morgan fingerprint density at radius 2 is 1.82 bits per heavy atom. The second-order valence-electron chi connectivity index (χ2n) is 17.4. The molecule has 3 saturated heterocycles. The van der Waals surface area contributed by atoms with Crippen molar-refractivity contribution >= 4 is 23.1 Å². The van der Waals surface area contributed by atoms with Gasteiger partial charge in [-0.15, -0.1) is 0 Å². The van der Waals surface area contributed by atoms with Crippen LogP contribution >= 0.6 is 0 Å². The van der Waals surface area contributed by atoms with Crippen LogP contribution in [0.4, 0.5) is 5.69 Å². The SMILES string of the molecule is CC[C@]1(O)C[C@H]2CN(CCC3=c4ccccc4=N[C]3[C@@](C(=O)OC)(c3cc4c(cc3OC)N(C)[C@H]3[C@@](O)(C(N)=O)[C@H](O)[C@]5(CC)C=CCN6CC[C@]43[C@@H]65)C2)C1. The van der Waals surface area contributed by atoms with Crippen LogP contribution in [0.15, 0.2) is 53.5 Å². The number of primary amides is 1. The van der Waals surface area contributed by atoms with Gasteiger partial charge in [0.25, 0.3) is 5.91 Å². The number of methoxy groups -OCH3 is 2. The number of nitrogens with zero attached hydrogens (tertiary/aromatic N) is 4. The van der Waals surface area contributed by atoms with Crippen molar-refractivity contribution in [3.63, 3.8) is 0 Å². The lowest BCUT2D eigenvalue weighted by Gasteiger charge is -2.63. The number of piperidine rings is 1. The van der Waals surface area contributed by atoms with Crippen LogP contribution in [0.1, 0.15) is 63.5 Å². The summed E-state index contributed by atoms with van der Waals surface area (Å²) < 4.78 is 12.2. The third-order valence-corrected chi connectivity index (χ3v) is 15.1. The van der Waals surface area contributed by atoms with Crippen molar-refractivity contribution in [2.45, 2.75) is 92.6 Å². The fraction of sp³-hybridized carbons (Fsp3) is 0.581. The van der Waals surface area contributed by atoms with Crippen LogP contribution in [0.3, 0.4) is 0 Å². The first-order valence-electron chi connectivity index (χ1n) is 20.0. The largest absolute Gasteiger partial charge is 0.496 e. The van der Waals surface area contributed by atoms with E-state index >= 15 is 4.79 Å². The Balaban J connectivity index is 1.35. The van der Waals surface area contributed by atoms with E-state index in [4.69, 9.17) is 20.2 Å². The Kier molecular flexibility index (Phi) is 8.26. The van der Waals surface area contributed by atoms with Crippen molar-refractivity contribution in [3.8, 4) is 5.75 Å². The number of carbonyl (C=O) groups excluding carboxylic acids is 2. The summed E-state index contributed by atoms with van der Waals surface area (Å²) in [6.07, 6.45) is 5.67. The van der Waals surface area contributed by atoms with Gasteiger partial charge < -0.3 is 35.4 Å². The van der Waals surface area contributed by atoms with Gasteiger partial charge in [0, 0.05) is 72.6 Å². The maximum absolute atomic E-state index is 15.2. The van der Waals surface area contributed by atoms with E-state index in [0.29, 0.717) is 88.6 Å². The van der Waals surface area contributed by atoms with Crippen molar-refractivity contribution in [3.05, 3.63) is 76.3 Å². The summed E-state index contributed by atoms with van der Waals surface area (Å²) in [6, 6.07) is 11.5. The lowest BCUT2D eigenvalue weighted by Crippen LogP contribution is -2.81. The summed E-state index contributed by atoms with van der Waals surface area (Å²) in [5.41, 5.74) is 2.84. The Morgan fingerprint density at radius 3 is 2.53 bits per heavy atom. The van der Waals surface area contributed by atoms with E-state index in [-0.39, 0.29) is 12.0 Å². The third-order valence-electron chi connectivity index (χ3n) is 15.1. The molecule has 1 radical (unpaired) electrons. The van der Waals surface area contributed by atoms with Gasteiger partial charge >= 0.3 is 5.97 Å². The number of carbonyl (C=O) groups is 2. The molecule has 1 unspecified atom stereocenters. The van der Waals surface area contributed by atoms with E-state index < -0.39 is 51.5 Å². The molecule has 293 valence electrons. The molecule has 2 aromatic rings. The molecule has 7 aliphatic rings. The van der Waals surface area contributed by atoms with Crippen molar-refractivity contribution in [2.24, 2.45) is 22.1 Å². The van der Waals surface area contributed by atoms with Crippen LogP contribution in [0.5, 0.6) is 5.75 Å². The van der Waals surface area contributed by atoms with Crippen LogP contribution in [-0.4, -0.2) is 120 Å². The summed E-state index contributed by atoms with van der Waals surface area (Å²) in [5.74, 6) is -1.08. The van der Waals surface area contributed by atoms with Gasteiger partial charge in [-0.05, 0) is 74.3 Å². The molecule has 55 heavy (non-hydrogen) atoms. The number of amides is 1. The molecule has 2 bridgehead atoms. The van der Waals surface area contributed by atoms with Crippen molar-refractivity contribution < 1.29 is 34.4 Å². The van der Waals surface area contributed by atoms with Crippen LogP contribution < -0.4 is 25.9 Å². The molecule has 1 amide bonds. The molecule has 5 N–H and O–H groups in total. The minimum atomic E-state index is -2.31. The topological polar surface area (TPSA) is 161 Å². The molecule has 4 fully saturated rings. The Morgan fingerprint density at radius 1 is 1.04 bits per heavy atom. The minimum Gasteiger partial charge on any atom is -0.496 e. The third kappa shape index (κ3) is 4.54. The van der Waals surface area contributed by atoms with E-state index in [0.717, 1.165) is 27.4 Å². The molecule has 1 aliphatic carbocycles. The number of fused-ring (bicyclic) bond motifs is 5. The molecular weight excluding hydrogens is 699 g/mol. The number of hydrogen-bond donors (Lipinski definition) is 4. The number of benzene rings is 2. The first-order valence-corrected chi connectivity index (χ1v) is 20.0. The monoisotopic (exact) mass is 752 g/mol. The molecule has 1 saturated carbocycles.